The summed E-state index contributed by atoms with van der Waals surface area (Å²) in [4.78, 5) is 23.1. The molecule has 0 aliphatic rings. The van der Waals surface area contributed by atoms with Crippen LogP contribution in [-0.2, 0) is 16.1 Å². The highest BCUT2D eigenvalue weighted by atomic mass is 35.5. The maximum atomic E-state index is 11.8. The van der Waals surface area contributed by atoms with Crippen molar-refractivity contribution in [1.82, 2.24) is 0 Å². The van der Waals surface area contributed by atoms with E-state index in [1.165, 1.54) is 7.11 Å². The lowest BCUT2D eigenvalue weighted by molar-refractivity contribution is 0.0471. The maximum Gasteiger partial charge on any atom is 0.338 e. The van der Waals surface area contributed by atoms with Gasteiger partial charge >= 0.3 is 11.9 Å². The molecular formula is C16H13ClO4. The number of hydrogen-bond acceptors (Lipinski definition) is 4. The van der Waals surface area contributed by atoms with E-state index in [2.05, 4.69) is 4.74 Å². The molecule has 0 aromatic heterocycles. The van der Waals surface area contributed by atoms with Gasteiger partial charge in [-0.1, -0.05) is 29.8 Å². The van der Waals surface area contributed by atoms with Crippen LogP contribution in [0.5, 0.6) is 0 Å². The Balaban J connectivity index is 1.97. The highest BCUT2D eigenvalue weighted by Crippen LogP contribution is 2.13. The third-order valence-corrected chi connectivity index (χ3v) is 3.04. The predicted molar refractivity (Wildman–Crippen MR) is 78.4 cm³/mol. The van der Waals surface area contributed by atoms with Crippen LogP contribution in [0.3, 0.4) is 0 Å². The number of hydrogen-bond donors (Lipinski definition) is 0. The van der Waals surface area contributed by atoms with E-state index in [0.717, 1.165) is 5.56 Å². The zero-order valence-electron chi connectivity index (χ0n) is 11.3. The number of ether oxygens (including phenoxy) is 2. The van der Waals surface area contributed by atoms with Crippen molar-refractivity contribution in [2.24, 2.45) is 0 Å². The summed E-state index contributed by atoms with van der Waals surface area (Å²) in [7, 11) is 1.32. The van der Waals surface area contributed by atoms with Crippen molar-refractivity contribution in [2.45, 2.75) is 6.61 Å². The van der Waals surface area contributed by atoms with Gasteiger partial charge in [0.15, 0.2) is 0 Å². The monoisotopic (exact) mass is 304 g/mol. The number of benzene rings is 2. The second-order valence-corrected chi connectivity index (χ2v) is 4.71. The topological polar surface area (TPSA) is 52.6 Å². The van der Waals surface area contributed by atoms with Crippen LogP contribution in [0.2, 0.25) is 5.02 Å². The van der Waals surface area contributed by atoms with E-state index in [-0.39, 0.29) is 6.61 Å². The van der Waals surface area contributed by atoms with Gasteiger partial charge in [-0.25, -0.2) is 9.59 Å². The highest BCUT2D eigenvalue weighted by molar-refractivity contribution is 6.30. The molecule has 0 heterocycles. The summed E-state index contributed by atoms with van der Waals surface area (Å²) in [6, 6.07) is 13.2. The van der Waals surface area contributed by atoms with Crippen molar-refractivity contribution in [3.05, 3.63) is 70.2 Å². The molecule has 0 aliphatic heterocycles. The van der Waals surface area contributed by atoms with Gasteiger partial charge in [0.1, 0.15) is 6.61 Å². The fourth-order valence-corrected chi connectivity index (χ4v) is 1.89. The Labute approximate surface area is 127 Å². The van der Waals surface area contributed by atoms with Gasteiger partial charge in [0.25, 0.3) is 0 Å². The van der Waals surface area contributed by atoms with Gasteiger partial charge in [0.2, 0.25) is 0 Å². The molecule has 2 rings (SSSR count). The van der Waals surface area contributed by atoms with E-state index in [0.29, 0.717) is 16.1 Å². The number of methoxy groups -OCH3 is 1. The first-order chi connectivity index (χ1) is 10.1. The highest BCUT2D eigenvalue weighted by Gasteiger charge is 2.09. The largest absolute Gasteiger partial charge is 0.465 e. The Morgan fingerprint density at radius 2 is 1.71 bits per heavy atom. The first-order valence-corrected chi connectivity index (χ1v) is 6.58. The summed E-state index contributed by atoms with van der Waals surface area (Å²) in [6.45, 7) is 0.118. The number of carbonyl (C=O) groups excluding carboxylic acids is 2. The molecule has 0 bridgehead atoms. The molecule has 108 valence electrons. The van der Waals surface area contributed by atoms with Gasteiger partial charge < -0.3 is 9.47 Å². The van der Waals surface area contributed by atoms with Crippen molar-refractivity contribution < 1.29 is 19.1 Å². The fourth-order valence-electron chi connectivity index (χ4n) is 1.70. The van der Waals surface area contributed by atoms with Gasteiger partial charge in [-0.15, -0.1) is 0 Å². The smallest absolute Gasteiger partial charge is 0.338 e. The van der Waals surface area contributed by atoms with E-state index in [1.807, 2.05) is 0 Å². The molecule has 0 N–H and O–H groups in total. The Morgan fingerprint density at radius 1 is 1.00 bits per heavy atom. The first kappa shape index (κ1) is 15.1. The van der Waals surface area contributed by atoms with Crippen molar-refractivity contribution in [3.8, 4) is 0 Å². The number of rotatable bonds is 4. The molecule has 21 heavy (non-hydrogen) atoms. The Morgan fingerprint density at radius 3 is 2.33 bits per heavy atom. The lowest BCUT2D eigenvalue weighted by Gasteiger charge is -2.06. The van der Waals surface area contributed by atoms with Crippen LogP contribution in [0, 0.1) is 0 Å². The van der Waals surface area contributed by atoms with E-state index >= 15 is 0 Å². The minimum atomic E-state index is -0.449. The molecule has 0 spiro atoms. The molecule has 2 aromatic rings. The van der Waals surface area contributed by atoms with E-state index in [1.54, 1.807) is 48.5 Å². The first-order valence-electron chi connectivity index (χ1n) is 6.20. The number of esters is 2. The SMILES string of the molecule is COC(=O)c1ccc(COC(=O)c2cccc(Cl)c2)cc1. The van der Waals surface area contributed by atoms with E-state index in [9.17, 15) is 9.59 Å². The molecular weight excluding hydrogens is 292 g/mol. The van der Waals surface area contributed by atoms with Gasteiger partial charge in [-0.05, 0) is 35.9 Å². The van der Waals surface area contributed by atoms with Crippen molar-refractivity contribution >= 4 is 23.5 Å². The van der Waals surface area contributed by atoms with E-state index in [4.69, 9.17) is 16.3 Å². The van der Waals surface area contributed by atoms with Crippen LogP contribution in [0.15, 0.2) is 48.5 Å². The molecule has 0 atom stereocenters. The third-order valence-electron chi connectivity index (χ3n) is 2.81. The summed E-state index contributed by atoms with van der Waals surface area (Å²) in [5.41, 5.74) is 1.62. The molecule has 0 radical (unpaired) electrons. The number of halogens is 1. The van der Waals surface area contributed by atoms with Gasteiger partial charge in [-0.3, -0.25) is 0 Å². The molecule has 0 amide bonds. The Kier molecular flexibility index (Phi) is 4.95. The molecule has 0 unspecified atom stereocenters. The van der Waals surface area contributed by atoms with Gasteiger partial charge in [0, 0.05) is 5.02 Å². The lowest BCUT2D eigenvalue weighted by atomic mass is 10.1. The normalized spacial score (nSPS) is 10.0. The van der Waals surface area contributed by atoms with Crippen LogP contribution in [-0.4, -0.2) is 19.0 Å². The van der Waals surface area contributed by atoms with Crippen LogP contribution in [0.25, 0.3) is 0 Å². The Hall–Kier alpha value is -2.33. The average Bonchev–Trinajstić information content (AvgIpc) is 2.52. The Bertz CT molecular complexity index is 650. The minimum Gasteiger partial charge on any atom is -0.465 e. The number of carbonyl (C=O) groups is 2. The zero-order valence-corrected chi connectivity index (χ0v) is 12.1. The fraction of sp³-hybridized carbons (Fsp3) is 0.125. The lowest BCUT2D eigenvalue weighted by Crippen LogP contribution is -2.06. The summed E-state index contributed by atoms with van der Waals surface area (Å²) >= 11 is 5.82. The molecule has 0 fully saturated rings. The maximum absolute atomic E-state index is 11.8. The van der Waals surface area contributed by atoms with E-state index < -0.39 is 11.9 Å². The predicted octanol–water partition coefficient (Wildman–Crippen LogP) is 3.48. The molecule has 2 aromatic carbocycles. The molecule has 4 nitrogen and oxygen atoms in total. The van der Waals surface area contributed by atoms with Crippen molar-refractivity contribution in [2.75, 3.05) is 7.11 Å². The molecule has 5 heteroatoms. The second-order valence-electron chi connectivity index (χ2n) is 4.27. The minimum absolute atomic E-state index is 0.118. The standard InChI is InChI=1S/C16H13ClO4/c1-20-15(18)12-7-5-11(6-8-12)10-21-16(19)13-3-2-4-14(17)9-13/h2-9H,10H2,1H3. The quantitative estimate of drug-likeness (QED) is 0.811. The summed E-state index contributed by atoms with van der Waals surface area (Å²) < 4.78 is 9.79. The van der Waals surface area contributed by atoms with Crippen LogP contribution in [0.4, 0.5) is 0 Å². The summed E-state index contributed by atoms with van der Waals surface area (Å²) in [5.74, 6) is -0.855. The van der Waals surface area contributed by atoms with Gasteiger partial charge in [-0.2, -0.15) is 0 Å². The average molecular weight is 305 g/mol. The molecule has 0 aliphatic carbocycles. The van der Waals surface area contributed by atoms with Gasteiger partial charge in [0.05, 0.1) is 18.2 Å². The summed E-state index contributed by atoms with van der Waals surface area (Å²) in [6.07, 6.45) is 0. The van der Waals surface area contributed by atoms with Crippen molar-refractivity contribution in [1.29, 1.82) is 0 Å². The zero-order chi connectivity index (χ0) is 15.2. The van der Waals surface area contributed by atoms with Crippen molar-refractivity contribution in [3.63, 3.8) is 0 Å². The second kappa shape index (κ2) is 6.90. The van der Waals surface area contributed by atoms with Crippen LogP contribution < -0.4 is 0 Å². The van der Waals surface area contributed by atoms with Crippen LogP contribution >= 0.6 is 11.6 Å². The molecule has 0 saturated carbocycles. The molecule has 0 saturated heterocycles. The summed E-state index contributed by atoms with van der Waals surface area (Å²) in [5, 5.41) is 0.479. The third kappa shape index (κ3) is 4.07. The van der Waals surface area contributed by atoms with Crippen LogP contribution in [0.1, 0.15) is 26.3 Å².